The number of hydrogen-bond donors (Lipinski definition) is 2. The van der Waals surface area contributed by atoms with Gasteiger partial charge in [-0.3, -0.25) is 9.59 Å². The quantitative estimate of drug-likeness (QED) is 0.635. The fourth-order valence-electron chi connectivity index (χ4n) is 1.84. The summed E-state index contributed by atoms with van der Waals surface area (Å²) in [6, 6.07) is 1.99. The van der Waals surface area contributed by atoms with Gasteiger partial charge in [-0.05, 0) is 37.3 Å². The van der Waals surface area contributed by atoms with E-state index < -0.39 is 0 Å². The molecule has 7 heteroatoms. The molecule has 1 aromatic heterocycles. The van der Waals surface area contributed by atoms with Crippen LogP contribution >= 0.6 is 11.3 Å². The number of carbonyl (C=O) groups excluding carboxylic acids is 2. The van der Waals surface area contributed by atoms with Crippen molar-refractivity contribution in [2.45, 2.75) is 26.7 Å². The smallest absolute Gasteiger partial charge is 0.248 e. The minimum Gasteiger partial charge on any atom is -0.273 e. The van der Waals surface area contributed by atoms with E-state index in [2.05, 4.69) is 21.1 Å². The van der Waals surface area contributed by atoms with Crippen molar-refractivity contribution in [3.8, 4) is 0 Å². The standard InChI is InChI=1S/C13H16N4O2S/c1-8-5-6-20-11(8)7-14-16-12(18)4-3-10-9(2)15-17-13(10)19/h5-7,10H,3-4H2,1-2H3,(H,16,18)(H,17,19)/t10-/m1/s1. The maximum Gasteiger partial charge on any atom is 0.248 e. The van der Waals surface area contributed by atoms with Crippen LogP contribution in [0, 0.1) is 12.8 Å². The Labute approximate surface area is 121 Å². The number of aryl methyl sites for hydroxylation is 1. The van der Waals surface area contributed by atoms with E-state index in [9.17, 15) is 9.59 Å². The molecule has 0 radical (unpaired) electrons. The maximum atomic E-state index is 11.6. The highest BCUT2D eigenvalue weighted by molar-refractivity contribution is 7.11. The molecule has 2 N–H and O–H groups in total. The van der Waals surface area contributed by atoms with Crippen LogP contribution < -0.4 is 10.9 Å². The molecule has 20 heavy (non-hydrogen) atoms. The number of thiophene rings is 1. The van der Waals surface area contributed by atoms with Crippen molar-refractivity contribution < 1.29 is 9.59 Å². The summed E-state index contributed by atoms with van der Waals surface area (Å²) in [7, 11) is 0. The van der Waals surface area contributed by atoms with Crippen LogP contribution in [0.25, 0.3) is 0 Å². The lowest BCUT2D eigenvalue weighted by molar-refractivity contribution is -0.123. The Kier molecular flexibility index (Phi) is 4.62. The van der Waals surface area contributed by atoms with Crippen LogP contribution in [0.4, 0.5) is 0 Å². The summed E-state index contributed by atoms with van der Waals surface area (Å²) in [4.78, 5) is 24.1. The van der Waals surface area contributed by atoms with Crippen molar-refractivity contribution in [1.82, 2.24) is 10.9 Å². The van der Waals surface area contributed by atoms with Gasteiger partial charge in [0.15, 0.2) is 0 Å². The average molecular weight is 292 g/mol. The Balaban J connectivity index is 1.76. The minimum absolute atomic E-state index is 0.145. The van der Waals surface area contributed by atoms with E-state index in [1.54, 1.807) is 24.5 Å². The molecule has 0 bridgehead atoms. The Morgan fingerprint density at radius 1 is 1.60 bits per heavy atom. The van der Waals surface area contributed by atoms with Crippen LogP contribution in [0.1, 0.15) is 30.2 Å². The van der Waals surface area contributed by atoms with Gasteiger partial charge < -0.3 is 0 Å². The van der Waals surface area contributed by atoms with Crippen LogP contribution in [0.15, 0.2) is 21.6 Å². The second kappa shape index (κ2) is 6.42. The third kappa shape index (κ3) is 3.51. The van der Waals surface area contributed by atoms with Gasteiger partial charge in [-0.1, -0.05) is 0 Å². The zero-order valence-electron chi connectivity index (χ0n) is 11.3. The van der Waals surface area contributed by atoms with Gasteiger partial charge in [0.1, 0.15) is 0 Å². The van der Waals surface area contributed by atoms with E-state index in [1.807, 2.05) is 18.4 Å². The molecule has 0 spiro atoms. The molecule has 2 rings (SSSR count). The molecule has 1 atom stereocenters. The zero-order chi connectivity index (χ0) is 14.5. The molecule has 0 aromatic carbocycles. The lowest BCUT2D eigenvalue weighted by Gasteiger charge is -2.06. The molecule has 106 valence electrons. The summed E-state index contributed by atoms with van der Waals surface area (Å²) >= 11 is 1.57. The molecule has 1 aliphatic rings. The number of hydrogen-bond acceptors (Lipinski definition) is 5. The molecule has 2 amide bonds. The first-order valence-electron chi connectivity index (χ1n) is 6.28. The highest BCUT2D eigenvalue weighted by atomic mass is 32.1. The molecule has 0 unspecified atom stereocenters. The van der Waals surface area contributed by atoms with Gasteiger partial charge in [-0.2, -0.15) is 10.2 Å². The Morgan fingerprint density at radius 3 is 3.00 bits per heavy atom. The third-order valence-corrected chi connectivity index (χ3v) is 4.05. The molecule has 0 aliphatic carbocycles. The number of nitrogens with one attached hydrogen (secondary N) is 2. The van der Waals surface area contributed by atoms with E-state index in [0.29, 0.717) is 6.42 Å². The minimum atomic E-state index is -0.302. The average Bonchev–Trinajstić information content (AvgIpc) is 2.95. The van der Waals surface area contributed by atoms with Gasteiger partial charge in [0.05, 0.1) is 12.1 Å². The predicted molar refractivity (Wildman–Crippen MR) is 78.8 cm³/mol. The molecule has 6 nitrogen and oxygen atoms in total. The molecule has 0 fully saturated rings. The van der Waals surface area contributed by atoms with E-state index in [1.165, 1.54) is 0 Å². The zero-order valence-corrected chi connectivity index (χ0v) is 12.2. The molecule has 2 heterocycles. The number of hydrazone groups is 2. The predicted octanol–water partition coefficient (Wildman–Crippen LogP) is 1.41. The fourth-order valence-corrected chi connectivity index (χ4v) is 2.63. The SMILES string of the molecule is CC1=NNC(=O)[C@@H]1CCC(=O)NN=Cc1sccc1C. The van der Waals surface area contributed by atoms with Crippen molar-refractivity contribution >= 4 is 35.1 Å². The number of rotatable bonds is 5. The molecule has 0 saturated heterocycles. The monoisotopic (exact) mass is 292 g/mol. The van der Waals surface area contributed by atoms with Crippen molar-refractivity contribution in [2.75, 3.05) is 0 Å². The second-order valence-electron chi connectivity index (χ2n) is 4.58. The second-order valence-corrected chi connectivity index (χ2v) is 5.53. The van der Waals surface area contributed by atoms with Gasteiger partial charge in [0.2, 0.25) is 11.8 Å². The number of nitrogens with zero attached hydrogens (tertiary/aromatic N) is 2. The summed E-state index contributed by atoms with van der Waals surface area (Å²) in [5.41, 5.74) is 6.72. The molecular weight excluding hydrogens is 276 g/mol. The van der Waals surface area contributed by atoms with Gasteiger partial charge in [-0.15, -0.1) is 11.3 Å². The normalized spacial score (nSPS) is 18.2. The molecule has 1 aliphatic heterocycles. The van der Waals surface area contributed by atoms with E-state index in [0.717, 1.165) is 16.2 Å². The van der Waals surface area contributed by atoms with E-state index in [-0.39, 0.29) is 24.2 Å². The fraction of sp³-hybridized carbons (Fsp3) is 0.385. The van der Waals surface area contributed by atoms with Crippen LogP contribution in [0.3, 0.4) is 0 Å². The number of carbonyl (C=O) groups is 2. The summed E-state index contributed by atoms with van der Waals surface area (Å²) in [6.07, 6.45) is 2.32. The van der Waals surface area contributed by atoms with Crippen LogP contribution in [0.2, 0.25) is 0 Å². The van der Waals surface area contributed by atoms with E-state index in [4.69, 9.17) is 0 Å². The summed E-state index contributed by atoms with van der Waals surface area (Å²) in [5, 5.41) is 9.72. The van der Waals surface area contributed by atoms with Gasteiger partial charge in [0, 0.05) is 17.0 Å². The highest BCUT2D eigenvalue weighted by Gasteiger charge is 2.26. The van der Waals surface area contributed by atoms with Crippen molar-refractivity contribution in [3.63, 3.8) is 0 Å². The van der Waals surface area contributed by atoms with Crippen LogP contribution in [0.5, 0.6) is 0 Å². The largest absolute Gasteiger partial charge is 0.273 e. The lowest BCUT2D eigenvalue weighted by Crippen LogP contribution is -2.25. The third-order valence-electron chi connectivity index (χ3n) is 3.10. The van der Waals surface area contributed by atoms with Crippen LogP contribution in [-0.4, -0.2) is 23.7 Å². The van der Waals surface area contributed by atoms with Crippen LogP contribution in [-0.2, 0) is 9.59 Å². The lowest BCUT2D eigenvalue weighted by atomic mass is 9.99. The Bertz CT molecular complexity index is 577. The molecular formula is C13H16N4O2S. The Hall–Kier alpha value is -2.02. The summed E-state index contributed by atoms with van der Waals surface area (Å²) in [6.45, 7) is 3.76. The summed E-state index contributed by atoms with van der Waals surface area (Å²) < 4.78 is 0. The van der Waals surface area contributed by atoms with E-state index >= 15 is 0 Å². The van der Waals surface area contributed by atoms with Gasteiger partial charge >= 0.3 is 0 Å². The molecule has 0 saturated carbocycles. The first kappa shape index (κ1) is 14.4. The maximum absolute atomic E-state index is 11.6. The Morgan fingerprint density at radius 2 is 2.40 bits per heavy atom. The van der Waals surface area contributed by atoms with Gasteiger partial charge in [0.25, 0.3) is 0 Å². The summed E-state index contributed by atoms with van der Waals surface area (Å²) in [5.74, 6) is -0.653. The highest BCUT2D eigenvalue weighted by Crippen LogP contribution is 2.14. The van der Waals surface area contributed by atoms with Gasteiger partial charge in [-0.25, -0.2) is 10.9 Å². The topological polar surface area (TPSA) is 82.9 Å². The first-order chi connectivity index (χ1) is 9.58. The number of amides is 2. The molecule has 1 aromatic rings. The van der Waals surface area contributed by atoms with Crippen molar-refractivity contribution in [1.29, 1.82) is 0 Å². The first-order valence-corrected chi connectivity index (χ1v) is 7.16. The van der Waals surface area contributed by atoms with Crippen molar-refractivity contribution in [3.05, 3.63) is 21.9 Å². The van der Waals surface area contributed by atoms with Crippen molar-refractivity contribution in [2.24, 2.45) is 16.1 Å².